The number of anilines is 1. The first-order chi connectivity index (χ1) is 12.2. The van der Waals surface area contributed by atoms with Crippen molar-refractivity contribution in [3.63, 3.8) is 0 Å². The number of rotatable bonds is 7. The van der Waals surface area contributed by atoms with Crippen molar-refractivity contribution in [2.24, 2.45) is 0 Å². The average molecular weight is 357 g/mol. The molecule has 2 aromatic heterocycles. The molecule has 0 bridgehead atoms. The third kappa shape index (κ3) is 4.27. The van der Waals surface area contributed by atoms with Gasteiger partial charge in [0.2, 0.25) is 11.1 Å². The number of aromatic nitrogens is 4. The number of carbonyl (C=O) groups excluding carboxylic acids is 1. The smallest absolute Gasteiger partial charge is 0.234 e. The molecule has 1 N–H and O–H groups in total. The minimum Gasteiger partial charge on any atom is -0.467 e. The van der Waals surface area contributed by atoms with Gasteiger partial charge in [0.1, 0.15) is 12.3 Å². The maximum Gasteiger partial charge on any atom is 0.234 e. The van der Waals surface area contributed by atoms with Crippen molar-refractivity contribution in [1.82, 2.24) is 20.2 Å². The number of aryl methyl sites for hydroxylation is 2. The Morgan fingerprint density at radius 1 is 1.32 bits per heavy atom. The van der Waals surface area contributed by atoms with Crippen LogP contribution >= 0.6 is 11.8 Å². The second-order valence-electron chi connectivity index (χ2n) is 5.50. The fraction of sp³-hybridized carbons (Fsp3) is 0.294. The Balaban J connectivity index is 1.61. The van der Waals surface area contributed by atoms with Gasteiger partial charge in [-0.2, -0.15) is 0 Å². The summed E-state index contributed by atoms with van der Waals surface area (Å²) >= 11 is 1.30. The van der Waals surface area contributed by atoms with Crippen molar-refractivity contribution >= 4 is 23.4 Å². The van der Waals surface area contributed by atoms with Crippen LogP contribution in [-0.4, -0.2) is 31.9 Å². The van der Waals surface area contributed by atoms with Gasteiger partial charge in [0.05, 0.1) is 12.0 Å². The molecule has 25 heavy (non-hydrogen) atoms. The lowest BCUT2D eigenvalue weighted by molar-refractivity contribution is -0.113. The van der Waals surface area contributed by atoms with Crippen LogP contribution < -0.4 is 5.32 Å². The molecule has 0 unspecified atom stereocenters. The summed E-state index contributed by atoms with van der Waals surface area (Å²) in [5.41, 5.74) is 3.08. The van der Waals surface area contributed by atoms with Crippen molar-refractivity contribution in [2.45, 2.75) is 32.0 Å². The number of hydrogen-bond acceptors (Lipinski definition) is 6. The predicted molar refractivity (Wildman–Crippen MR) is 95.5 cm³/mol. The quantitative estimate of drug-likeness (QED) is 0.654. The summed E-state index contributed by atoms with van der Waals surface area (Å²) in [7, 11) is 0. The molecule has 8 heteroatoms. The molecule has 3 aromatic rings. The minimum absolute atomic E-state index is 0.0819. The van der Waals surface area contributed by atoms with E-state index in [9.17, 15) is 4.79 Å². The van der Waals surface area contributed by atoms with Gasteiger partial charge >= 0.3 is 0 Å². The highest BCUT2D eigenvalue weighted by atomic mass is 32.2. The Morgan fingerprint density at radius 3 is 2.96 bits per heavy atom. The molecule has 7 nitrogen and oxygen atoms in total. The van der Waals surface area contributed by atoms with Gasteiger partial charge in [-0.25, -0.2) is 4.68 Å². The number of thioether (sulfide) groups is 1. The number of tetrazole rings is 1. The van der Waals surface area contributed by atoms with Crippen LogP contribution in [0.25, 0.3) is 0 Å². The van der Waals surface area contributed by atoms with E-state index in [1.807, 2.05) is 37.3 Å². The van der Waals surface area contributed by atoms with E-state index < -0.39 is 0 Å². The molecule has 0 spiro atoms. The summed E-state index contributed by atoms with van der Waals surface area (Å²) in [6.07, 6.45) is 2.47. The van der Waals surface area contributed by atoms with Crippen molar-refractivity contribution < 1.29 is 9.21 Å². The SMILES string of the molecule is CCc1cccc(C)c1NC(=O)CSc1nnnn1Cc1ccco1. The number of nitrogens with one attached hydrogen (secondary N) is 1. The number of carbonyl (C=O) groups is 1. The van der Waals surface area contributed by atoms with E-state index >= 15 is 0 Å². The number of hydrogen-bond donors (Lipinski definition) is 1. The molecule has 130 valence electrons. The van der Waals surface area contributed by atoms with Gasteiger partial charge in [0.15, 0.2) is 0 Å². The summed E-state index contributed by atoms with van der Waals surface area (Å²) in [5.74, 6) is 0.906. The molecule has 0 fully saturated rings. The molecule has 3 rings (SSSR count). The van der Waals surface area contributed by atoms with Crippen molar-refractivity contribution in [3.05, 3.63) is 53.5 Å². The van der Waals surface area contributed by atoms with E-state index in [1.165, 1.54) is 11.8 Å². The van der Waals surface area contributed by atoms with Crippen LogP contribution in [0.3, 0.4) is 0 Å². The summed E-state index contributed by atoms with van der Waals surface area (Å²) in [4.78, 5) is 12.3. The van der Waals surface area contributed by atoms with E-state index in [-0.39, 0.29) is 11.7 Å². The lowest BCUT2D eigenvalue weighted by Gasteiger charge is -2.12. The number of amides is 1. The minimum atomic E-state index is -0.0819. The number of para-hydroxylation sites is 1. The second kappa shape index (κ2) is 7.98. The van der Waals surface area contributed by atoms with Gasteiger partial charge in [0, 0.05) is 5.69 Å². The van der Waals surface area contributed by atoms with Gasteiger partial charge < -0.3 is 9.73 Å². The monoisotopic (exact) mass is 357 g/mol. The zero-order valence-corrected chi connectivity index (χ0v) is 14.9. The summed E-state index contributed by atoms with van der Waals surface area (Å²) in [5, 5.41) is 15.2. The molecular formula is C17H19N5O2S. The van der Waals surface area contributed by atoms with Gasteiger partial charge in [0.25, 0.3) is 0 Å². The summed E-state index contributed by atoms with van der Waals surface area (Å²) in [6, 6.07) is 9.69. The standard InChI is InChI=1S/C17H19N5O2S/c1-3-13-7-4-6-12(2)16(13)18-15(23)11-25-17-19-20-21-22(17)10-14-8-5-9-24-14/h4-9H,3,10-11H2,1-2H3,(H,18,23). The summed E-state index contributed by atoms with van der Waals surface area (Å²) < 4.78 is 6.91. The van der Waals surface area contributed by atoms with Crippen LogP contribution in [0.5, 0.6) is 0 Å². The third-order valence-corrected chi connectivity index (χ3v) is 4.68. The van der Waals surface area contributed by atoms with Crippen molar-refractivity contribution in [1.29, 1.82) is 0 Å². The van der Waals surface area contributed by atoms with Crippen LogP contribution in [0.1, 0.15) is 23.8 Å². The molecule has 0 aliphatic heterocycles. The Labute approximate surface area is 149 Å². The fourth-order valence-electron chi connectivity index (χ4n) is 2.46. The topological polar surface area (TPSA) is 85.8 Å². The highest BCUT2D eigenvalue weighted by Crippen LogP contribution is 2.22. The molecule has 0 saturated heterocycles. The normalized spacial score (nSPS) is 10.8. The predicted octanol–water partition coefficient (Wildman–Crippen LogP) is 2.92. The Bertz CT molecular complexity index is 845. The molecule has 1 aromatic carbocycles. The van der Waals surface area contributed by atoms with E-state index in [4.69, 9.17) is 4.42 Å². The summed E-state index contributed by atoms with van der Waals surface area (Å²) in [6.45, 7) is 4.50. The van der Waals surface area contributed by atoms with Crippen LogP contribution in [-0.2, 0) is 17.8 Å². The van der Waals surface area contributed by atoms with Crippen molar-refractivity contribution in [3.8, 4) is 0 Å². The van der Waals surface area contributed by atoms with E-state index in [2.05, 4.69) is 27.8 Å². The van der Waals surface area contributed by atoms with E-state index in [0.29, 0.717) is 11.7 Å². The van der Waals surface area contributed by atoms with Crippen LogP contribution in [0.15, 0.2) is 46.2 Å². The highest BCUT2D eigenvalue weighted by Gasteiger charge is 2.13. The lowest BCUT2D eigenvalue weighted by Crippen LogP contribution is -2.17. The Kier molecular flexibility index (Phi) is 5.49. The largest absolute Gasteiger partial charge is 0.467 e. The number of furan rings is 1. The van der Waals surface area contributed by atoms with Crippen LogP contribution in [0.2, 0.25) is 0 Å². The molecule has 0 radical (unpaired) electrons. The van der Waals surface area contributed by atoms with Crippen LogP contribution in [0, 0.1) is 6.92 Å². The molecular weight excluding hydrogens is 338 g/mol. The van der Waals surface area contributed by atoms with E-state index in [1.54, 1.807) is 10.9 Å². The maximum atomic E-state index is 12.3. The first-order valence-electron chi connectivity index (χ1n) is 7.97. The molecule has 0 aliphatic carbocycles. The first kappa shape index (κ1) is 17.2. The Morgan fingerprint density at radius 2 is 2.20 bits per heavy atom. The highest BCUT2D eigenvalue weighted by molar-refractivity contribution is 7.99. The number of benzene rings is 1. The van der Waals surface area contributed by atoms with Gasteiger partial charge in [-0.1, -0.05) is 36.9 Å². The van der Waals surface area contributed by atoms with Gasteiger partial charge in [-0.05, 0) is 47.0 Å². The van der Waals surface area contributed by atoms with E-state index in [0.717, 1.165) is 29.0 Å². The van der Waals surface area contributed by atoms with Crippen LogP contribution in [0.4, 0.5) is 5.69 Å². The molecule has 0 aliphatic rings. The molecule has 0 atom stereocenters. The molecule has 2 heterocycles. The Hall–Kier alpha value is -2.61. The van der Waals surface area contributed by atoms with Crippen molar-refractivity contribution in [2.75, 3.05) is 11.1 Å². The zero-order valence-electron chi connectivity index (χ0n) is 14.1. The van der Waals surface area contributed by atoms with Gasteiger partial charge in [-0.15, -0.1) is 5.10 Å². The van der Waals surface area contributed by atoms with Gasteiger partial charge in [-0.3, -0.25) is 4.79 Å². The average Bonchev–Trinajstić information content (AvgIpc) is 3.27. The first-order valence-corrected chi connectivity index (χ1v) is 8.95. The second-order valence-corrected chi connectivity index (χ2v) is 6.44. The number of nitrogens with zero attached hydrogens (tertiary/aromatic N) is 4. The third-order valence-electron chi connectivity index (χ3n) is 3.72. The lowest BCUT2D eigenvalue weighted by atomic mass is 10.1. The maximum absolute atomic E-state index is 12.3. The molecule has 0 saturated carbocycles. The zero-order chi connectivity index (χ0) is 17.6. The fourth-order valence-corrected chi connectivity index (χ4v) is 3.13. The molecule has 1 amide bonds.